The van der Waals surface area contributed by atoms with Gasteiger partial charge in [0, 0.05) is 16.3 Å². The molecule has 0 fully saturated rings. The number of benzene rings is 3. The number of phenols is 1. The van der Waals surface area contributed by atoms with Gasteiger partial charge in [-0.3, -0.25) is 9.36 Å². The Morgan fingerprint density at radius 1 is 1.14 bits per heavy atom. The van der Waals surface area contributed by atoms with E-state index in [4.69, 9.17) is 21.1 Å². The zero-order valence-corrected chi connectivity index (χ0v) is 21.7. The minimum atomic E-state index is -0.318. The molecule has 1 amide bonds. The van der Waals surface area contributed by atoms with Crippen LogP contribution in [-0.4, -0.2) is 51.5 Å². The van der Waals surface area contributed by atoms with Gasteiger partial charge in [-0.1, -0.05) is 23.4 Å². The van der Waals surface area contributed by atoms with Crippen LogP contribution in [0.4, 0.5) is 0 Å². The van der Waals surface area contributed by atoms with Gasteiger partial charge < -0.3 is 14.6 Å². The zero-order chi connectivity index (χ0) is 26.2. The second-order valence-corrected chi connectivity index (χ2v) is 8.97. The van der Waals surface area contributed by atoms with Crippen LogP contribution in [-0.2, 0) is 4.79 Å². The number of carbonyl (C=O) groups is 1. The number of aromatic hydroxyl groups is 1. The molecule has 0 unspecified atom stereocenters. The Bertz CT molecular complexity index is 1390. The minimum absolute atomic E-state index is 0.0400. The van der Waals surface area contributed by atoms with Gasteiger partial charge in [-0.2, -0.15) is 5.10 Å². The number of methoxy groups -OCH3 is 1. The first-order valence-electron chi connectivity index (χ1n) is 11.2. The smallest absolute Gasteiger partial charge is 0.250 e. The van der Waals surface area contributed by atoms with Crippen molar-refractivity contribution >= 4 is 35.5 Å². The lowest BCUT2D eigenvalue weighted by molar-refractivity contribution is -0.118. The largest absolute Gasteiger partial charge is 0.504 e. The van der Waals surface area contributed by atoms with Gasteiger partial charge in [-0.25, -0.2) is 5.43 Å². The maximum Gasteiger partial charge on any atom is 0.250 e. The van der Waals surface area contributed by atoms with E-state index in [2.05, 4.69) is 20.7 Å². The van der Waals surface area contributed by atoms with Crippen LogP contribution in [0.25, 0.3) is 17.1 Å². The summed E-state index contributed by atoms with van der Waals surface area (Å²) < 4.78 is 12.5. The van der Waals surface area contributed by atoms with Crippen LogP contribution in [0.5, 0.6) is 17.2 Å². The molecule has 4 rings (SSSR count). The number of carbonyl (C=O) groups excluding carboxylic acids is 1. The molecule has 0 radical (unpaired) electrons. The van der Waals surface area contributed by atoms with Crippen molar-refractivity contribution in [1.82, 2.24) is 20.2 Å². The average Bonchev–Trinajstić information content (AvgIpc) is 3.34. The van der Waals surface area contributed by atoms with Crippen LogP contribution < -0.4 is 14.9 Å². The van der Waals surface area contributed by atoms with E-state index in [-0.39, 0.29) is 17.4 Å². The summed E-state index contributed by atoms with van der Waals surface area (Å²) in [6.45, 7) is 2.24. The molecule has 190 valence electrons. The number of hydrogen-bond acceptors (Lipinski definition) is 8. The van der Waals surface area contributed by atoms with E-state index in [0.29, 0.717) is 33.9 Å². The van der Waals surface area contributed by atoms with E-state index in [0.717, 1.165) is 17.0 Å². The SMILES string of the molecule is CCOc1cc(/C=N/NC(=O)CSc2nnc(-c3ccc(OC)cc3)n2-c2ccc(Cl)cc2)ccc1O. The number of ether oxygens (including phenoxy) is 2. The molecule has 11 heteroatoms. The Balaban J connectivity index is 1.48. The highest BCUT2D eigenvalue weighted by Crippen LogP contribution is 2.30. The number of phenolic OH excluding ortho intramolecular Hbond substituents is 1. The molecule has 2 N–H and O–H groups in total. The molecular weight excluding hydrogens is 514 g/mol. The molecule has 4 aromatic rings. The minimum Gasteiger partial charge on any atom is -0.504 e. The molecule has 0 bridgehead atoms. The molecule has 0 saturated heterocycles. The van der Waals surface area contributed by atoms with Gasteiger partial charge in [0.15, 0.2) is 22.5 Å². The fraction of sp³-hybridized carbons (Fsp3) is 0.154. The second-order valence-electron chi connectivity index (χ2n) is 7.59. The molecule has 0 aliphatic rings. The van der Waals surface area contributed by atoms with E-state index >= 15 is 0 Å². The van der Waals surface area contributed by atoms with Gasteiger partial charge in [0.05, 0.1) is 25.7 Å². The summed E-state index contributed by atoms with van der Waals surface area (Å²) in [4.78, 5) is 12.5. The van der Waals surface area contributed by atoms with Gasteiger partial charge in [0.2, 0.25) is 0 Å². The lowest BCUT2D eigenvalue weighted by Gasteiger charge is -2.11. The quantitative estimate of drug-likeness (QED) is 0.167. The van der Waals surface area contributed by atoms with Gasteiger partial charge in [-0.05, 0) is 79.2 Å². The molecule has 0 atom stereocenters. The number of hydrogen-bond donors (Lipinski definition) is 2. The van der Waals surface area contributed by atoms with Crippen LogP contribution >= 0.6 is 23.4 Å². The summed E-state index contributed by atoms with van der Waals surface area (Å²) in [6.07, 6.45) is 1.47. The highest BCUT2D eigenvalue weighted by molar-refractivity contribution is 7.99. The summed E-state index contributed by atoms with van der Waals surface area (Å²) in [6, 6.07) is 19.6. The molecule has 1 heterocycles. The summed E-state index contributed by atoms with van der Waals surface area (Å²) >= 11 is 7.31. The van der Waals surface area contributed by atoms with Crippen LogP contribution in [0.15, 0.2) is 77.0 Å². The van der Waals surface area contributed by atoms with Gasteiger partial charge in [0.1, 0.15) is 5.75 Å². The first kappa shape index (κ1) is 26.1. The average molecular weight is 538 g/mol. The number of rotatable bonds is 10. The van der Waals surface area contributed by atoms with Crippen LogP contribution in [0.1, 0.15) is 12.5 Å². The van der Waals surface area contributed by atoms with Crippen molar-refractivity contribution in [1.29, 1.82) is 0 Å². The normalized spacial score (nSPS) is 11.0. The first-order chi connectivity index (χ1) is 18.0. The monoisotopic (exact) mass is 537 g/mol. The summed E-state index contributed by atoms with van der Waals surface area (Å²) in [5.41, 5.74) is 4.81. The summed E-state index contributed by atoms with van der Waals surface area (Å²) in [5, 5.41) is 23.6. The van der Waals surface area contributed by atoms with Crippen LogP contribution in [0.3, 0.4) is 0 Å². The van der Waals surface area contributed by atoms with Gasteiger partial charge >= 0.3 is 0 Å². The standard InChI is InChI=1S/C26H24ClN5O4S/c1-3-36-23-14-17(4-13-22(23)33)15-28-29-24(34)16-37-26-31-30-25(18-5-11-21(35-2)12-6-18)32(26)20-9-7-19(27)8-10-20/h4-15,33H,3,16H2,1-2H3,(H,29,34)/b28-15+. The molecule has 9 nitrogen and oxygen atoms in total. The Labute approximate surface area is 223 Å². The Morgan fingerprint density at radius 2 is 1.89 bits per heavy atom. The van der Waals surface area contributed by atoms with Crippen molar-refractivity contribution in [2.75, 3.05) is 19.5 Å². The van der Waals surface area contributed by atoms with Crippen molar-refractivity contribution < 1.29 is 19.4 Å². The van der Waals surface area contributed by atoms with E-state index in [1.807, 2.05) is 47.9 Å². The lowest BCUT2D eigenvalue weighted by atomic mass is 10.2. The maximum absolute atomic E-state index is 12.5. The van der Waals surface area contributed by atoms with Crippen LogP contribution in [0.2, 0.25) is 5.02 Å². The molecule has 0 aliphatic heterocycles. The Kier molecular flexibility index (Phi) is 8.65. The highest BCUT2D eigenvalue weighted by atomic mass is 35.5. The second kappa shape index (κ2) is 12.3. The third kappa shape index (κ3) is 6.60. The third-order valence-corrected chi connectivity index (χ3v) is 6.27. The Hall–Kier alpha value is -4.02. The fourth-order valence-corrected chi connectivity index (χ4v) is 4.21. The van der Waals surface area contributed by atoms with Crippen molar-refractivity contribution in [3.05, 3.63) is 77.3 Å². The molecule has 37 heavy (non-hydrogen) atoms. The Morgan fingerprint density at radius 3 is 2.59 bits per heavy atom. The number of nitrogens with zero attached hydrogens (tertiary/aromatic N) is 4. The van der Waals surface area contributed by atoms with E-state index < -0.39 is 0 Å². The predicted molar refractivity (Wildman–Crippen MR) is 144 cm³/mol. The number of thioether (sulfide) groups is 1. The van der Waals surface area contributed by atoms with Crippen molar-refractivity contribution in [2.24, 2.45) is 5.10 Å². The molecule has 0 aliphatic carbocycles. The molecular formula is C26H24ClN5O4S. The zero-order valence-electron chi connectivity index (χ0n) is 20.1. The summed E-state index contributed by atoms with van der Waals surface area (Å²) in [5.74, 6) is 1.48. The number of hydrazone groups is 1. The molecule has 0 spiro atoms. The van der Waals surface area contributed by atoms with Crippen molar-refractivity contribution in [3.63, 3.8) is 0 Å². The number of amides is 1. The first-order valence-corrected chi connectivity index (χ1v) is 12.6. The summed E-state index contributed by atoms with van der Waals surface area (Å²) in [7, 11) is 1.61. The van der Waals surface area contributed by atoms with Crippen molar-refractivity contribution in [3.8, 4) is 34.3 Å². The number of aromatic nitrogens is 3. The van der Waals surface area contributed by atoms with Crippen LogP contribution in [0, 0.1) is 0 Å². The topological polar surface area (TPSA) is 111 Å². The van der Waals surface area contributed by atoms with Gasteiger partial charge in [-0.15, -0.1) is 10.2 Å². The highest BCUT2D eigenvalue weighted by Gasteiger charge is 2.17. The molecule has 0 saturated carbocycles. The van der Waals surface area contributed by atoms with E-state index in [1.165, 1.54) is 24.0 Å². The fourth-order valence-electron chi connectivity index (χ4n) is 3.34. The van der Waals surface area contributed by atoms with Crippen molar-refractivity contribution in [2.45, 2.75) is 12.1 Å². The van der Waals surface area contributed by atoms with E-state index in [9.17, 15) is 9.90 Å². The number of nitrogens with one attached hydrogen (secondary N) is 1. The molecule has 3 aromatic carbocycles. The third-order valence-electron chi connectivity index (χ3n) is 5.09. The van der Waals surface area contributed by atoms with E-state index in [1.54, 1.807) is 31.4 Å². The maximum atomic E-state index is 12.5. The predicted octanol–water partition coefficient (Wildman–Crippen LogP) is 4.94. The number of halogens is 1. The molecule has 1 aromatic heterocycles. The van der Waals surface area contributed by atoms with Gasteiger partial charge in [0.25, 0.3) is 5.91 Å². The lowest BCUT2D eigenvalue weighted by Crippen LogP contribution is -2.20.